The van der Waals surface area contributed by atoms with Crippen molar-refractivity contribution in [3.8, 4) is 0 Å². The zero-order chi connectivity index (χ0) is 26.0. The highest BCUT2D eigenvalue weighted by atomic mass is 79.9. The molecule has 36 heavy (non-hydrogen) atoms. The Kier molecular flexibility index (Phi) is 7.39. The summed E-state index contributed by atoms with van der Waals surface area (Å²) in [7, 11) is -3.82. The van der Waals surface area contributed by atoms with E-state index in [9.17, 15) is 22.8 Å². The van der Waals surface area contributed by atoms with Crippen LogP contribution in [0.4, 0.5) is 5.69 Å². The highest BCUT2D eigenvalue weighted by molar-refractivity contribution is 9.10. The Balaban J connectivity index is 1.62. The van der Waals surface area contributed by atoms with Gasteiger partial charge in [-0.1, -0.05) is 45.8 Å². The second-order valence-corrected chi connectivity index (χ2v) is 11.0. The number of hydrogen-bond donors (Lipinski definition) is 1. The SMILES string of the molecule is Cc1cccc(C(=O)N(CCc2ccc(S(N)(=O)=O)cc2)C2CC(=O)N(c3ccc(Br)cc3)C2=O)c1. The molecule has 3 aromatic rings. The topological polar surface area (TPSA) is 118 Å². The number of imide groups is 1. The molecular formula is C26H24BrN3O5S. The van der Waals surface area contributed by atoms with Gasteiger partial charge in [-0.3, -0.25) is 14.4 Å². The van der Waals surface area contributed by atoms with E-state index < -0.39 is 22.0 Å². The molecule has 3 amide bonds. The summed E-state index contributed by atoms with van der Waals surface area (Å²) in [5.41, 5.74) is 2.51. The summed E-state index contributed by atoms with van der Waals surface area (Å²) < 4.78 is 23.9. The van der Waals surface area contributed by atoms with Crippen LogP contribution in [0.1, 0.15) is 27.9 Å². The van der Waals surface area contributed by atoms with Crippen molar-refractivity contribution >= 4 is 49.4 Å². The molecule has 1 unspecified atom stereocenters. The predicted octanol–water partition coefficient (Wildman–Crippen LogP) is 3.42. The summed E-state index contributed by atoms with van der Waals surface area (Å²) in [6, 6.07) is 18.9. The third-order valence-corrected chi connectivity index (χ3v) is 7.46. The summed E-state index contributed by atoms with van der Waals surface area (Å²) in [6.07, 6.45) is 0.218. The number of carbonyl (C=O) groups excluding carboxylic acids is 3. The molecule has 0 saturated carbocycles. The van der Waals surface area contributed by atoms with E-state index in [1.54, 1.807) is 54.6 Å². The number of aryl methyl sites for hydroxylation is 1. The lowest BCUT2D eigenvalue weighted by molar-refractivity contribution is -0.122. The van der Waals surface area contributed by atoms with E-state index in [4.69, 9.17) is 5.14 Å². The Morgan fingerprint density at radius 3 is 2.33 bits per heavy atom. The van der Waals surface area contributed by atoms with Crippen LogP contribution < -0.4 is 10.0 Å². The number of nitrogens with two attached hydrogens (primary N) is 1. The lowest BCUT2D eigenvalue weighted by atomic mass is 10.1. The number of halogens is 1. The number of anilines is 1. The highest BCUT2D eigenvalue weighted by Gasteiger charge is 2.44. The maximum absolute atomic E-state index is 13.6. The van der Waals surface area contributed by atoms with E-state index in [0.717, 1.165) is 20.5 Å². The number of hydrogen-bond acceptors (Lipinski definition) is 5. The van der Waals surface area contributed by atoms with Crippen molar-refractivity contribution in [2.75, 3.05) is 11.4 Å². The number of benzene rings is 3. The highest BCUT2D eigenvalue weighted by Crippen LogP contribution is 2.28. The summed E-state index contributed by atoms with van der Waals surface area (Å²) in [4.78, 5) is 42.4. The van der Waals surface area contributed by atoms with Crippen LogP contribution in [0.3, 0.4) is 0 Å². The molecule has 3 aromatic carbocycles. The molecule has 0 aliphatic carbocycles. The average molecular weight is 570 g/mol. The van der Waals surface area contributed by atoms with Gasteiger partial charge in [0.05, 0.1) is 17.0 Å². The lowest BCUT2D eigenvalue weighted by Gasteiger charge is -2.28. The van der Waals surface area contributed by atoms with Gasteiger partial charge in [-0.05, 0) is 67.4 Å². The molecule has 4 rings (SSSR count). The van der Waals surface area contributed by atoms with E-state index in [1.807, 2.05) is 13.0 Å². The van der Waals surface area contributed by atoms with Crippen LogP contribution >= 0.6 is 15.9 Å². The fourth-order valence-corrected chi connectivity index (χ4v) is 4.94. The standard InChI is InChI=1S/C26H24BrN3O5S/c1-17-3-2-4-19(15-17)25(32)29(14-13-18-5-11-22(12-6-18)36(28,34)35)23-16-24(31)30(26(23)33)21-9-7-20(27)8-10-21/h2-12,15,23H,13-14,16H2,1H3,(H2,28,34,35). The van der Waals surface area contributed by atoms with Crippen molar-refractivity contribution in [3.05, 3.63) is 94.0 Å². The van der Waals surface area contributed by atoms with Crippen molar-refractivity contribution in [2.24, 2.45) is 5.14 Å². The van der Waals surface area contributed by atoms with Gasteiger partial charge in [-0.25, -0.2) is 18.5 Å². The van der Waals surface area contributed by atoms with E-state index in [2.05, 4.69) is 15.9 Å². The van der Waals surface area contributed by atoms with Gasteiger partial charge in [0.25, 0.3) is 11.8 Å². The minimum absolute atomic E-state index is 0.0133. The summed E-state index contributed by atoms with van der Waals surface area (Å²) >= 11 is 3.35. The maximum atomic E-state index is 13.6. The Hall–Kier alpha value is -3.34. The molecule has 10 heteroatoms. The van der Waals surface area contributed by atoms with Gasteiger partial charge >= 0.3 is 0 Å². The first-order valence-electron chi connectivity index (χ1n) is 11.2. The van der Waals surface area contributed by atoms with Crippen LogP contribution in [0.25, 0.3) is 0 Å². The molecule has 1 fully saturated rings. The van der Waals surface area contributed by atoms with Gasteiger partial charge in [0.15, 0.2) is 0 Å². The normalized spacial score (nSPS) is 15.9. The van der Waals surface area contributed by atoms with Gasteiger partial charge in [-0.2, -0.15) is 0 Å². The van der Waals surface area contributed by atoms with Crippen molar-refractivity contribution in [1.82, 2.24) is 4.90 Å². The Labute approximate surface area is 217 Å². The second-order valence-electron chi connectivity index (χ2n) is 8.57. The first kappa shape index (κ1) is 25.7. The number of primary sulfonamides is 1. The molecular weight excluding hydrogens is 546 g/mol. The number of sulfonamides is 1. The van der Waals surface area contributed by atoms with Gasteiger partial charge < -0.3 is 4.90 Å². The van der Waals surface area contributed by atoms with Crippen LogP contribution in [0, 0.1) is 6.92 Å². The van der Waals surface area contributed by atoms with E-state index in [1.165, 1.54) is 17.0 Å². The Bertz CT molecular complexity index is 1420. The van der Waals surface area contributed by atoms with Gasteiger partial charge in [0.2, 0.25) is 15.9 Å². The van der Waals surface area contributed by atoms with Crippen molar-refractivity contribution in [1.29, 1.82) is 0 Å². The minimum atomic E-state index is -3.82. The van der Waals surface area contributed by atoms with Crippen molar-refractivity contribution < 1.29 is 22.8 Å². The van der Waals surface area contributed by atoms with Crippen LogP contribution in [0.2, 0.25) is 0 Å². The van der Waals surface area contributed by atoms with Crippen molar-refractivity contribution in [2.45, 2.75) is 30.7 Å². The number of carbonyl (C=O) groups is 3. The third kappa shape index (κ3) is 5.56. The molecule has 1 heterocycles. The summed E-state index contributed by atoms with van der Waals surface area (Å²) in [5, 5.41) is 5.17. The van der Waals surface area contributed by atoms with Crippen molar-refractivity contribution in [3.63, 3.8) is 0 Å². The summed E-state index contributed by atoms with van der Waals surface area (Å²) in [6.45, 7) is 2.02. The van der Waals surface area contributed by atoms with Crippen LogP contribution in [-0.4, -0.2) is 43.6 Å². The molecule has 1 aliphatic rings. The van der Waals surface area contributed by atoms with Gasteiger partial charge in [0, 0.05) is 16.6 Å². The fourth-order valence-electron chi connectivity index (χ4n) is 4.16. The lowest BCUT2D eigenvalue weighted by Crippen LogP contribution is -2.46. The molecule has 1 saturated heterocycles. The molecule has 0 bridgehead atoms. The first-order valence-corrected chi connectivity index (χ1v) is 13.5. The maximum Gasteiger partial charge on any atom is 0.257 e. The van der Waals surface area contributed by atoms with Gasteiger partial charge in [-0.15, -0.1) is 0 Å². The second kappa shape index (κ2) is 10.3. The monoisotopic (exact) mass is 569 g/mol. The van der Waals surface area contributed by atoms with Crippen LogP contribution in [-0.2, 0) is 26.0 Å². The zero-order valence-electron chi connectivity index (χ0n) is 19.4. The predicted molar refractivity (Wildman–Crippen MR) is 139 cm³/mol. The number of amides is 3. The molecule has 1 atom stereocenters. The average Bonchev–Trinajstić information content (AvgIpc) is 3.13. The van der Waals surface area contributed by atoms with Crippen LogP contribution in [0.15, 0.2) is 82.2 Å². The quantitative estimate of drug-likeness (QED) is 0.437. The van der Waals surface area contributed by atoms with E-state index in [0.29, 0.717) is 17.7 Å². The number of nitrogens with zero attached hydrogens (tertiary/aromatic N) is 2. The fraction of sp³-hybridized carbons (Fsp3) is 0.192. The molecule has 186 valence electrons. The number of rotatable bonds is 7. The molecule has 0 spiro atoms. The minimum Gasteiger partial charge on any atom is -0.326 e. The Morgan fingerprint density at radius 2 is 1.72 bits per heavy atom. The summed E-state index contributed by atoms with van der Waals surface area (Å²) in [5.74, 6) is -1.21. The molecule has 8 nitrogen and oxygen atoms in total. The third-order valence-electron chi connectivity index (χ3n) is 6.00. The smallest absolute Gasteiger partial charge is 0.257 e. The Morgan fingerprint density at radius 1 is 1.06 bits per heavy atom. The molecule has 0 aromatic heterocycles. The zero-order valence-corrected chi connectivity index (χ0v) is 21.8. The molecule has 2 N–H and O–H groups in total. The van der Waals surface area contributed by atoms with E-state index >= 15 is 0 Å². The van der Waals surface area contributed by atoms with Crippen LogP contribution in [0.5, 0.6) is 0 Å². The first-order chi connectivity index (χ1) is 17.0. The molecule has 0 radical (unpaired) electrons. The molecule has 1 aliphatic heterocycles. The van der Waals surface area contributed by atoms with E-state index in [-0.39, 0.29) is 29.7 Å². The van der Waals surface area contributed by atoms with Gasteiger partial charge in [0.1, 0.15) is 6.04 Å². The largest absolute Gasteiger partial charge is 0.326 e.